The second kappa shape index (κ2) is 6.41. The minimum Gasteiger partial charge on any atom is -0.0613 e. The second-order valence-corrected chi connectivity index (χ2v) is 5.33. The molecular weight excluding hydrogens is 216 g/mol. The fourth-order valence-corrected chi connectivity index (χ4v) is 3.52. The number of rotatable bonds is 5. The van der Waals surface area contributed by atoms with Gasteiger partial charge in [-0.15, -0.1) is 0 Å². The van der Waals surface area contributed by atoms with Crippen molar-refractivity contribution in [3.63, 3.8) is 0 Å². The van der Waals surface area contributed by atoms with Crippen LogP contribution < -0.4 is 0 Å². The molecule has 1 radical (unpaired) electrons. The third-order valence-corrected chi connectivity index (χ3v) is 4.14. The molecule has 0 heterocycles. The van der Waals surface area contributed by atoms with Crippen LogP contribution in [0.2, 0.25) is 0 Å². The average Bonchev–Trinajstić information content (AvgIpc) is 2.36. The van der Waals surface area contributed by atoms with Crippen molar-refractivity contribution in [2.45, 2.75) is 74.1 Å². The molecule has 1 aromatic carbocycles. The Hall–Kier alpha value is -0.780. The summed E-state index contributed by atoms with van der Waals surface area (Å²) in [4.78, 5) is 0. The first-order valence-electron chi connectivity index (χ1n) is 7.49. The first-order valence-corrected chi connectivity index (χ1v) is 7.49. The van der Waals surface area contributed by atoms with Gasteiger partial charge >= 0.3 is 0 Å². The zero-order valence-electron chi connectivity index (χ0n) is 13.3. The van der Waals surface area contributed by atoms with Crippen molar-refractivity contribution < 1.29 is 0 Å². The molecule has 0 nitrogen and oxygen atoms in total. The summed E-state index contributed by atoms with van der Waals surface area (Å²) in [6.07, 6.45) is 4.65. The van der Waals surface area contributed by atoms with Gasteiger partial charge in [0.25, 0.3) is 0 Å². The van der Waals surface area contributed by atoms with E-state index in [-0.39, 0.29) is 0 Å². The Morgan fingerprint density at radius 3 is 1.39 bits per heavy atom. The smallest absolute Gasteiger partial charge is 0.000629 e. The van der Waals surface area contributed by atoms with E-state index in [4.69, 9.17) is 0 Å². The van der Waals surface area contributed by atoms with Crippen LogP contribution in [0.3, 0.4) is 0 Å². The van der Waals surface area contributed by atoms with Gasteiger partial charge in [0.05, 0.1) is 0 Å². The molecule has 0 atom stereocenters. The van der Waals surface area contributed by atoms with Crippen molar-refractivity contribution in [2.75, 3.05) is 0 Å². The zero-order valence-corrected chi connectivity index (χ0v) is 13.3. The van der Waals surface area contributed by atoms with E-state index >= 15 is 0 Å². The predicted octanol–water partition coefficient (Wildman–Crippen LogP) is 5.21. The molecule has 1 aromatic rings. The van der Waals surface area contributed by atoms with Gasteiger partial charge in [0, 0.05) is 0 Å². The van der Waals surface area contributed by atoms with Crippen molar-refractivity contribution >= 4 is 0 Å². The summed E-state index contributed by atoms with van der Waals surface area (Å²) in [7, 11) is 0. The lowest BCUT2D eigenvalue weighted by Crippen LogP contribution is -2.11. The molecule has 0 bridgehead atoms. The third-order valence-electron chi connectivity index (χ3n) is 4.14. The van der Waals surface area contributed by atoms with Crippen LogP contribution in [-0.4, -0.2) is 0 Å². The van der Waals surface area contributed by atoms with Gasteiger partial charge in [-0.05, 0) is 71.9 Å². The molecular formula is C18H29. The molecule has 0 unspecified atom stereocenters. The topological polar surface area (TPSA) is 0 Å². The van der Waals surface area contributed by atoms with Crippen molar-refractivity contribution in [3.05, 3.63) is 39.3 Å². The van der Waals surface area contributed by atoms with Gasteiger partial charge in [-0.25, -0.2) is 0 Å². The highest BCUT2D eigenvalue weighted by atomic mass is 14.2. The van der Waals surface area contributed by atoms with Gasteiger partial charge in [-0.2, -0.15) is 0 Å². The Morgan fingerprint density at radius 1 is 0.667 bits per heavy atom. The lowest BCUT2D eigenvalue weighted by Gasteiger charge is -2.25. The monoisotopic (exact) mass is 245 g/mol. The van der Waals surface area contributed by atoms with E-state index in [0.29, 0.717) is 0 Å². The molecule has 0 spiro atoms. The van der Waals surface area contributed by atoms with E-state index in [2.05, 4.69) is 48.5 Å². The highest BCUT2D eigenvalue weighted by Crippen LogP contribution is 2.33. The molecule has 0 aliphatic carbocycles. The van der Waals surface area contributed by atoms with Crippen molar-refractivity contribution in [3.8, 4) is 0 Å². The Balaban J connectivity index is 3.73. The van der Waals surface area contributed by atoms with Crippen LogP contribution in [0.5, 0.6) is 0 Å². The molecule has 0 amide bonds. The molecule has 101 valence electrons. The Kier molecular flexibility index (Phi) is 5.44. The highest BCUT2D eigenvalue weighted by molar-refractivity contribution is 5.56. The van der Waals surface area contributed by atoms with Gasteiger partial charge in [0.1, 0.15) is 0 Å². The average molecular weight is 245 g/mol. The lowest BCUT2D eigenvalue weighted by atomic mass is 9.80. The van der Waals surface area contributed by atoms with Crippen LogP contribution in [0.25, 0.3) is 0 Å². The van der Waals surface area contributed by atoms with E-state index in [0.717, 1.165) is 12.8 Å². The molecule has 0 fully saturated rings. The van der Waals surface area contributed by atoms with E-state index in [1.807, 2.05) is 0 Å². The number of benzene rings is 1. The number of hydrogen-bond donors (Lipinski definition) is 0. The van der Waals surface area contributed by atoms with Crippen LogP contribution in [0.4, 0.5) is 0 Å². The van der Waals surface area contributed by atoms with Crippen LogP contribution >= 0.6 is 0 Å². The Labute approximate surface area is 114 Å². The van der Waals surface area contributed by atoms with Crippen molar-refractivity contribution in [2.24, 2.45) is 0 Å². The van der Waals surface area contributed by atoms with Gasteiger partial charge in [-0.1, -0.05) is 41.5 Å². The lowest BCUT2D eigenvalue weighted by molar-refractivity contribution is 0.905. The van der Waals surface area contributed by atoms with Crippen molar-refractivity contribution in [1.29, 1.82) is 0 Å². The van der Waals surface area contributed by atoms with Gasteiger partial charge in [0.15, 0.2) is 0 Å². The van der Waals surface area contributed by atoms with E-state index < -0.39 is 0 Å². The normalized spacial score (nSPS) is 11.3. The van der Waals surface area contributed by atoms with E-state index in [1.54, 1.807) is 27.8 Å². The Morgan fingerprint density at radius 2 is 1.06 bits per heavy atom. The summed E-state index contributed by atoms with van der Waals surface area (Å²) in [6.45, 7) is 16.0. The van der Waals surface area contributed by atoms with Crippen molar-refractivity contribution in [1.82, 2.24) is 0 Å². The Bertz CT molecular complexity index is 411. The quantitative estimate of drug-likeness (QED) is 0.668. The largest absolute Gasteiger partial charge is 0.0613 e. The van der Waals surface area contributed by atoms with Gasteiger partial charge in [-0.3, -0.25) is 0 Å². The molecule has 0 aromatic heterocycles. The molecule has 0 heteroatoms. The molecule has 0 saturated heterocycles. The molecule has 1 rings (SSSR count). The molecule has 0 N–H and O–H groups in total. The molecule has 0 aliphatic rings. The first-order chi connectivity index (χ1) is 8.53. The highest BCUT2D eigenvalue weighted by Gasteiger charge is 2.19. The van der Waals surface area contributed by atoms with Crippen LogP contribution in [0.15, 0.2) is 0 Å². The summed E-state index contributed by atoms with van der Waals surface area (Å²) in [6, 6.07) is 0. The van der Waals surface area contributed by atoms with Gasteiger partial charge in [0.2, 0.25) is 0 Å². The summed E-state index contributed by atoms with van der Waals surface area (Å²) >= 11 is 0. The van der Waals surface area contributed by atoms with Crippen LogP contribution in [-0.2, 0) is 25.7 Å². The standard InChI is InChI=1S/C18H29/c1-8-14-13(7)18(12(5)6)17(11-4)16(10-3)15(14)9-2/h8-11H2,1-7H3. The minimum absolute atomic E-state index is 1.15. The second-order valence-electron chi connectivity index (χ2n) is 5.33. The summed E-state index contributed by atoms with van der Waals surface area (Å²) in [5.41, 5.74) is 9.52. The SMILES string of the molecule is CCc1c(C)c([C](C)C)c(CC)c(CC)c1CC. The minimum atomic E-state index is 1.15. The fraction of sp³-hybridized carbons (Fsp3) is 0.611. The molecule has 18 heavy (non-hydrogen) atoms. The van der Waals surface area contributed by atoms with Crippen LogP contribution in [0.1, 0.15) is 74.9 Å². The maximum absolute atomic E-state index is 2.32. The van der Waals surface area contributed by atoms with E-state index in [9.17, 15) is 0 Å². The van der Waals surface area contributed by atoms with Gasteiger partial charge < -0.3 is 0 Å². The zero-order chi connectivity index (χ0) is 13.9. The fourth-order valence-electron chi connectivity index (χ4n) is 3.52. The van der Waals surface area contributed by atoms with Crippen LogP contribution in [0, 0.1) is 12.8 Å². The maximum Gasteiger partial charge on any atom is -0.000629 e. The summed E-state index contributed by atoms with van der Waals surface area (Å²) < 4.78 is 0. The van der Waals surface area contributed by atoms with E-state index in [1.165, 1.54) is 24.3 Å². The molecule has 0 aliphatic heterocycles. The summed E-state index contributed by atoms with van der Waals surface area (Å²) in [5, 5.41) is 0. The first kappa shape index (κ1) is 15.3. The maximum atomic E-state index is 2.32. The predicted molar refractivity (Wildman–Crippen MR) is 82.4 cm³/mol. The molecule has 0 saturated carbocycles. The third kappa shape index (κ3) is 2.48. The summed E-state index contributed by atoms with van der Waals surface area (Å²) in [5.74, 6) is 1.47. The number of hydrogen-bond acceptors (Lipinski definition) is 0.